The van der Waals surface area contributed by atoms with Crippen LogP contribution in [0.25, 0.3) is 0 Å². The van der Waals surface area contributed by atoms with Gasteiger partial charge in [0, 0.05) is 26.0 Å². The summed E-state index contributed by atoms with van der Waals surface area (Å²) in [5.41, 5.74) is 1.96. The lowest BCUT2D eigenvalue weighted by molar-refractivity contribution is 0.414. The fraction of sp³-hybridized carbons (Fsp3) is 0.211. The maximum atomic E-state index is 13.6. The summed E-state index contributed by atoms with van der Waals surface area (Å²) >= 11 is 0. The van der Waals surface area contributed by atoms with Crippen molar-refractivity contribution >= 4 is 0 Å². The van der Waals surface area contributed by atoms with E-state index in [-0.39, 0.29) is 11.9 Å². The lowest BCUT2D eigenvalue weighted by Crippen LogP contribution is -2.24. The Bertz CT molecular complexity index is 798. The Morgan fingerprint density at radius 1 is 1.21 bits per heavy atom. The highest BCUT2D eigenvalue weighted by molar-refractivity contribution is 5.29. The third kappa shape index (κ3) is 3.63. The molecule has 3 rings (SSSR count). The summed E-state index contributed by atoms with van der Waals surface area (Å²) in [7, 11) is 3.58. The molecule has 0 saturated heterocycles. The van der Waals surface area contributed by atoms with Crippen LogP contribution in [0.15, 0.2) is 60.9 Å². The molecule has 1 atom stereocenters. The van der Waals surface area contributed by atoms with Crippen LogP contribution in [0.3, 0.4) is 0 Å². The van der Waals surface area contributed by atoms with Crippen molar-refractivity contribution < 1.29 is 9.13 Å². The van der Waals surface area contributed by atoms with E-state index in [1.54, 1.807) is 25.4 Å². The van der Waals surface area contributed by atoms with Crippen molar-refractivity contribution in [1.29, 1.82) is 0 Å². The number of aryl methyl sites for hydroxylation is 1. The third-order valence-corrected chi connectivity index (χ3v) is 3.97. The SMILES string of the molecule is COc1ccc(CNC(c2cccc(F)c2)c2nccn2C)cc1. The lowest BCUT2D eigenvalue weighted by atomic mass is 10.1. The van der Waals surface area contributed by atoms with Gasteiger partial charge in [0.15, 0.2) is 0 Å². The van der Waals surface area contributed by atoms with Crippen molar-refractivity contribution in [3.8, 4) is 5.75 Å². The summed E-state index contributed by atoms with van der Waals surface area (Å²) in [6.07, 6.45) is 3.63. The van der Waals surface area contributed by atoms with E-state index in [4.69, 9.17) is 4.74 Å². The highest BCUT2D eigenvalue weighted by Gasteiger charge is 2.18. The van der Waals surface area contributed by atoms with Crippen molar-refractivity contribution in [3.63, 3.8) is 0 Å². The Balaban J connectivity index is 1.83. The standard InChI is InChI=1S/C19H20FN3O/c1-23-11-10-21-19(23)18(15-4-3-5-16(20)12-15)22-13-14-6-8-17(24-2)9-7-14/h3-12,18,22H,13H2,1-2H3. The molecule has 0 aliphatic carbocycles. The van der Waals surface area contributed by atoms with Gasteiger partial charge in [-0.3, -0.25) is 5.32 Å². The molecular formula is C19H20FN3O. The molecule has 3 aromatic rings. The van der Waals surface area contributed by atoms with E-state index in [9.17, 15) is 4.39 Å². The van der Waals surface area contributed by atoms with E-state index < -0.39 is 0 Å². The first kappa shape index (κ1) is 16.2. The summed E-state index contributed by atoms with van der Waals surface area (Å²) in [6, 6.07) is 14.3. The second-order valence-electron chi connectivity index (χ2n) is 5.61. The summed E-state index contributed by atoms with van der Waals surface area (Å²) in [4.78, 5) is 4.42. The first-order valence-electron chi connectivity index (χ1n) is 7.76. The maximum Gasteiger partial charge on any atom is 0.130 e. The Morgan fingerprint density at radius 2 is 2.00 bits per heavy atom. The number of rotatable bonds is 6. The largest absolute Gasteiger partial charge is 0.497 e. The molecule has 4 nitrogen and oxygen atoms in total. The van der Waals surface area contributed by atoms with Crippen LogP contribution in [0, 0.1) is 5.82 Å². The zero-order chi connectivity index (χ0) is 16.9. The van der Waals surface area contributed by atoms with Gasteiger partial charge in [-0.25, -0.2) is 9.37 Å². The average molecular weight is 325 g/mol. The van der Waals surface area contributed by atoms with E-state index in [0.717, 1.165) is 22.7 Å². The molecule has 1 N–H and O–H groups in total. The molecule has 1 aromatic heterocycles. The minimum atomic E-state index is -0.252. The van der Waals surface area contributed by atoms with Gasteiger partial charge in [0.05, 0.1) is 13.2 Å². The number of hydrogen-bond acceptors (Lipinski definition) is 3. The molecule has 24 heavy (non-hydrogen) atoms. The van der Waals surface area contributed by atoms with Crippen LogP contribution in [0.1, 0.15) is 23.0 Å². The number of hydrogen-bond donors (Lipinski definition) is 1. The molecule has 1 unspecified atom stereocenters. The molecule has 0 aliphatic heterocycles. The summed E-state index contributed by atoms with van der Waals surface area (Å²) in [5.74, 6) is 1.41. The molecule has 0 fully saturated rings. The van der Waals surface area contributed by atoms with Crippen molar-refractivity contribution in [2.75, 3.05) is 7.11 Å². The van der Waals surface area contributed by atoms with Gasteiger partial charge in [-0.1, -0.05) is 24.3 Å². The minimum absolute atomic E-state index is 0.192. The smallest absolute Gasteiger partial charge is 0.130 e. The summed E-state index contributed by atoms with van der Waals surface area (Å²) < 4.78 is 20.8. The van der Waals surface area contributed by atoms with E-state index >= 15 is 0 Å². The Labute approximate surface area is 140 Å². The first-order chi connectivity index (χ1) is 11.7. The van der Waals surface area contributed by atoms with E-state index in [1.807, 2.05) is 48.1 Å². The number of nitrogens with one attached hydrogen (secondary N) is 1. The van der Waals surface area contributed by atoms with Crippen LogP contribution in [0.4, 0.5) is 4.39 Å². The van der Waals surface area contributed by atoms with E-state index in [0.29, 0.717) is 6.54 Å². The zero-order valence-corrected chi connectivity index (χ0v) is 13.7. The van der Waals surface area contributed by atoms with Crippen LogP contribution in [-0.4, -0.2) is 16.7 Å². The van der Waals surface area contributed by atoms with Gasteiger partial charge in [-0.05, 0) is 35.4 Å². The molecule has 2 aromatic carbocycles. The zero-order valence-electron chi connectivity index (χ0n) is 13.7. The van der Waals surface area contributed by atoms with Crippen LogP contribution >= 0.6 is 0 Å². The topological polar surface area (TPSA) is 39.1 Å². The van der Waals surface area contributed by atoms with Crippen molar-refractivity contribution in [2.45, 2.75) is 12.6 Å². The Kier molecular flexibility index (Phi) is 4.91. The summed E-state index contributed by atoms with van der Waals surface area (Å²) in [5, 5.41) is 3.47. The molecule has 5 heteroatoms. The highest BCUT2D eigenvalue weighted by Crippen LogP contribution is 2.22. The second-order valence-corrected chi connectivity index (χ2v) is 5.61. The van der Waals surface area contributed by atoms with E-state index in [2.05, 4.69) is 10.3 Å². The third-order valence-electron chi connectivity index (χ3n) is 3.97. The van der Waals surface area contributed by atoms with Crippen molar-refractivity contribution in [3.05, 3.63) is 83.7 Å². The fourth-order valence-electron chi connectivity index (χ4n) is 2.66. The molecule has 0 spiro atoms. The molecule has 0 radical (unpaired) electrons. The number of halogens is 1. The van der Waals surface area contributed by atoms with E-state index in [1.165, 1.54) is 6.07 Å². The summed E-state index contributed by atoms with van der Waals surface area (Å²) in [6.45, 7) is 0.637. The quantitative estimate of drug-likeness (QED) is 0.754. The normalized spacial score (nSPS) is 12.1. The van der Waals surface area contributed by atoms with Crippen molar-refractivity contribution in [2.24, 2.45) is 7.05 Å². The number of nitrogens with zero attached hydrogens (tertiary/aromatic N) is 2. The number of ether oxygens (including phenoxy) is 1. The fourth-order valence-corrected chi connectivity index (χ4v) is 2.66. The predicted molar refractivity (Wildman–Crippen MR) is 91.3 cm³/mol. The molecule has 0 saturated carbocycles. The van der Waals surface area contributed by atoms with Crippen LogP contribution in [0.2, 0.25) is 0 Å². The van der Waals surface area contributed by atoms with Gasteiger partial charge in [0.1, 0.15) is 17.4 Å². The predicted octanol–water partition coefficient (Wildman–Crippen LogP) is 3.45. The Morgan fingerprint density at radius 3 is 2.62 bits per heavy atom. The van der Waals surface area contributed by atoms with Crippen molar-refractivity contribution in [1.82, 2.24) is 14.9 Å². The second kappa shape index (κ2) is 7.27. The molecule has 1 heterocycles. The van der Waals surface area contributed by atoms with Crippen LogP contribution in [-0.2, 0) is 13.6 Å². The van der Waals surface area contributed by atoms with Gasteiger partial charge in [0.2, 0.25) is 0 Å². The van der Waals surface area contributed by atoms with Crippen LogP contribution in [0.5, 0.6) is 5.75 Å². The average Bonchev–Trinajstić information content (AvgIpc) is 3.02. The first-order valence-corrected chi connectivity index (χ1v) is 7.76. The maximum absolute atomic E-state index is 13.6. The molecule has 0 amide bonds. The number of imidazole rings is 1. The molecule has 0 bridgehead atoms. The van der Waals surface area contributed by atoms with Gasteiger partial charge >= 0.3 is 0 Å². The van der Waals surface area contributed by atoms with Gasteiger partial charge in [-0.15, -0.1) is 0 Å². The monoisotopic (exact) mass is 325 g/mol. The lowest BCUT2D eigenvalue weighted by Gasteiger charge is -2.19. The number of methoxy groups -OCH3 is 1. The number of benzene rings is 2. The molecular weight excluding hydrogens is 305 g/mol. The van der Waals surface area contributed by atoms with Gasteiger partial charge in [-0.2, -0.15) is 0 Å². The molecule has 0 aliphatic rings. The number of aromatic nitrogens is 2. The Hall–Kier alpha value is -2.66. The van der Waals surface area contributed by atoms with Gasteiger partial charge < -0.3 is 9.30 Å². The molecule has 124 valence electrons. The van der Waals surface area contributed by atoms with Crippen LogP contribution < -0.4 is 10.1 Å². The highest BCUT2D eigenvalue weighted by atomic mass is 19.1. The minimum Gasteiger partial charge on any atom is -0.497 e. The van der Waals surface area contributed by atoms with Gasteiger partial charge in [0.25, 0.3) is 0 Å².